The van der Waals surface area contributed by atoms with Crippen LogP contribution in [0.1, 0.15) is 12.7 Å². The number of furan rings is 2. The number of hydrogen-bond acceptors (Lipinski definition) is 4. The van der Waals surface area contributed by atoms with Crippen molar-refractivity contribution in [2.75, 3.05) is 6.61 Å². The lowest BCUT2D eigenvalue weighted by atomic mass is 10.1. The van der Waals surface area contributed by atoms with Crippen LogP contribution in [0.5, 0.6) is 5.75 Å². The molecule has 0 unspecified atom stereocenters. The summed E-state index contributed by atoms with van der Waals surface area (Å²) in [5, 5.41) is 9.09. The summed E-state index contributed by atoms with van der Waals surface area (Å²) >= 11 is 0. The zero-order chi connectivity index (χ0) is 14.7. The van der Waals surface area contributed by atoms with E-state index in [0.717, 1.165) is 22.6 Å². The molecule has 0 aliphatic carbocycles. The van der Waals surface area contributed by atoms with Crippen molar-refractivity contribution in [3.05, 3.63) is 54.5 Å². The summed E-state index contributed by atoms with van der Waals surface area (Å²) in [6.45, 7) is 2.42. The lowest BCUT2D eigenvalue weighted by Gasteiger charge is -2.09. The maximum absolute atomic E-state index is 9.09. The van der Waals surface area contributed by atoms with Gasteiger partial charge in [-0.05, 0) is 49.4 Å². The van der Waals surface area contributed by atoms with Gasteiger partial charge in [0.25, 0.3) is 0 Å². The molecule has 2 heterocycles. The van der Waals surface area contributed by atoms with E-state index in [9.17, 15) is 0 Å². The molecule has 1 aromatic carbocycles. The van der Waals surface area contributed by atoms with Gasteiger partial charge in [0.1, 0.15) is 29.6 Å². The van der Waals surface area contributed by atoms with E-state index in [1.54, 1.807) is 12.3 Å². The second-order valence-electron chi connectivity index (χ2n) is 4.55. The minimum atomic E-state index is -0.109. The van der Waals surface area contributed by atoms with E-state index in [-0.39, 0.29) is 6.61 Å². The topological polar surface area (TPSA) is 55.7 Å². The molecule has 0 fully saturated rings. The summed E-state index contributed by atoms with van der Waals surface area (Å²) in [5.41, 5.74) is 1.78. The molecule has 21 heavy (non-hydrogen) atoms. The van der Waals surface area contributed by atoms with E-state index < -0.39 is 0 Å². The van der Waals surface area contributed by atoms with Crippen molar-refractivity contribution in [3.8, 4) is 28.4 Å². The molecular formula is C17H16O4. The number of ether oxygens (including phenoxy) is 1. The zero-order valence-corrected chi connectivity index (χ0v) is 11.7. The second-order valence-corrected chi connectivity index (χ2v) is 4.55. The predicted octanol–water partition coefficient (Wildman–Crippen LogP) is 4.10. The summed E-state index contributed by atoms with van der Waals surface area (Å²) in [7, 11) is 0. The SMILES string of the molecule is CCOc1ccc(-c2ccc(CO)o2)cc1-c1ccco1. The Labute approximate surface area is 122 Å². The summed E-state index contributed by atoms with van der Waals surface area (Å²) in [4.78, 5) is 0. The van der Waals surface area contributed by atoms with E-state index in [0.29, 0.717) is 18.1 Å². The van der Waals surface area contributed by atoms with Gasteiger partial charge >= 0.3 is 0 Å². The third-order valence-corrected chi connectivity index (χ3v) is 3.17. The van der Waals surface area contributed by atoms with E-state index in [1.807, 2.05) is 43.3 Å². The highest BCUT2D eigenvalue weighted by Crippen LogP contribution is 2.35. The molecule has 0 amide bonds. The van der Waals surface area contributed by atoms with Crippen LogP contribution < -0.4 is 4.74 Å². The van der Waals surface area contributed by atoms with Gasteiger partial charge < -0.3 is 18.7 Å². The highest BCUT2D eigenvalue weighted by molar-refractivity contribution is 5.73. The average Bonchev–Trinajstić information content (AvgIpc) is 3.19. The van der Waals surface area contributed by atoms with Crippen molar-refractivity contribution in [2.45, 2.75) is 13.5 Å². The van der Waals surface area contributed by atoms with Crippen LogP contribution in [0.25, 0.3) is 22.6 Å². The maximum atomic E-state index is 9.09. The van der Waals surface area contributed by atoms with Gasteiger partial charge in [0.2, 0.25) is 0 Å². The fourth-order valence-corrected chi connectivity index (χ4v) is 2.21. The Morgan fingerprint density at radius 3 is 2.67 bits per heavy atom. The summed E-state index contributed by atoms with van der Waals surface area (Å²) < 4.78 is 16.7. The first-order chi connectivity index (χ1) is 10.3. The number of aliphatic hydroxyl groups is 1. The van der Waals surface area contributed by atoms with E-state index in [4.69, 9.17) is 18.7 Å². The third-order valence-electron chi connectivity index (χ3n) is 3.17. The molecule has 2 aromatic heterocycles. The van der Waals surface area contributed by atoms with Crippen LogP contribution in [0.2, 0.25) is 0 Å². The molecule has 0 atom stereocenters. The molecule has 3 aromatic rings. The molecule has 0 aliphatic rings. The monoisotopic (exact) mass is 284 g/mol. The van der Waals surface area contributed by atoms with Crippen LogP contribution in [0.3, 0.4) is 0 Å². The first kappa shape index (κ1) is 13.5. The Balaban J connectivity index is 2.05. The summed E-state index contributed by atoms with van der Waals surface area (Å²) in [6, 6.07) is 13.1. The van der Waals surface area contributed by atoms with Crippen LogP contribution >= 0.6 is 0 Å². The molecule has 0 saturated heterocycles. The van der Waals surface area contributed by atoms with E-state index >= 15 is 0 Å². The lowest BCUT2D eigenvalue weighted by molar-refractivity contribution is 0.248. The Morgan fingerprint density at radius 1 is 1.10 bits per heavy atom. The third kappa shape index (κ3) is 2.71. The number of benzene rings is 1. The largest absolute Gasteiger partial charge is 0.493 e. The first-order valence-corrected chi connectivity index (χ1v) is 6.82. The van der Waals surface area contributed by atoms with Gasteiger partial charge in [0, 0.05) is 5.56 Å². The van der Waals surface area contributed by atoms with Crippen LogP contribution in [0, 0.1) is 0 Å². The minimum absolute atomic E-state index is 0.109. The number of rotatable bonds is 5. The Hall–Kier alpha value is -2.46. The normalized spacial score (nSPS) is 10.8. The van der Waals surface area contributed by atoms with Gasteiger partial charge in [0.15, 0.2) is 0 Å². The van der Waals surface area contributed by atoms with E-state index in [1.165, 1.54) is 0 Å². The smallest absolute Gasteiger partial charge is 0.137 e. The number of aliphatic hydroxyl groups excluding tert-OH is 1. The van der Waals surface area contributed by atoms with Crippen molar-refractivity contribution in [1.82, 2.24) is 0 Å². The summed E-state index contributed by atoms with van der Waals surface area (Å²) in [5.74, 6) is 2.76. The molecule has 0 saturated carbocycles. The van der Waals surface area contributed by atoms with Gasteiger partial charge in [-0.1, -0.05) is 0 Å². The van der Waals surface area contributed by atoms with Crippen LogP contribution in [0.15, 0.2) is 57.6 Å². The highest BCUT2D eigenvalue weighted by atomic mass is 16.5. The second kappa shape index (κ2) is 5.89. The molecule has 4 heteroatoms. The predicted molar refractivity (Wildman–Crippen MR) is 78.9 cm³/mol. The molecule has 108 valence electrons. The Morgan fingerprint density at radius 2 is 2.00 bits per heavy atom. The van der Waals surface area contributed by atoms with Gasteiger partial charge in [0.05, 0.1) is 18.4 Å². The van der Waals surface area contributed by atoms with Crippen LogP contribution in [-0.4, -0.2) is 11.7 Å². The zero-order valence-electron chi connectivity index (χ0n) is 11.7. The average molecular weight is 284 g/mol. The van der Waals surface area contributed by atoms with Gasteiger partial charge in [-0.25, -0.2) is 0 Å². The molecular weight excluding hydrogens is 268 g/mol. The number of hydrogen-bond donors (Lipinski definition) is 1. The molecule has 1 N–H and O–H groups in total. The molecule has 0 spiro atoms. The molecule has 3 rings (SSSR count). The quantitative estimate of drug-likeness (QED) is 0.766. The molecule has 0 aliphatic heterocycles. The Bertz CT molecular complexity index is 710. The summed E-state index contributed by atoms with van der Waals surface area (Å²) in [6.07, 6.45) is 1.63. The fourth-order valence-electron chi connectivity index (χ4n) is 2.21. The van der Waals surface area contributed by atoms with Crippen LogP contribution in [-0.2, 0) is 6.61 Å². The molecule has 4 nitrogen and oxygen atoms in total. The van der Waals surface area contributed by atoms with Gasteiger partial charge in [-0.15, -0.1) is 0 Å². The Kier molecular flexibility index (Phi) is 3.79. The van der Waals surface area contributed by atoms with Crippen molar-refractivity contribution < 1.29 is 18.7 Å². The minimum Gasteiger partial charge on any atom is -0.493 e. The highest BCUT2D eigenvalue weighted by Gasteiger charge is 2.12. The van der Waals surface area contributed by atoms with Crippen molar-refractivity contribution >= 4 is 0 Å². The van der Waals surface area contributed by atoms with Gasteiger partial charge in [-0.3, -0.25) is 0 Å². The van der Waals surface area contributed by atoms with Gasteiger partial charge in [-0.2, -0.15) is 0 Å². The van der Waals surface area contributed by atoms with Crippen molar-refractivity contribution in [3.63, 3.8) is 0 Å². The van der Waals surface area contributed by atoms with Crippen LogP contribution in [0.4, 0.5) is 0 Å². The standard InChI is InChI=1S/C17H16O4/c1-2-19-17-7-5-12(15-8-6-13(11-18)21-15)10-14(17)16-4-3-9-20-16/h3-10,18H,2,11H2,1H3. The first-order valence-electron chi connectivity index (χ1n) is 6.82. The molecule has 0 bridgehead atoms. The maximum Gasteiger partial charge on any atom is 0.137 e. The fraction of sp³-hybridized carbons (Fsp3) is 0.176. The van der Waals surface area contributed by atoms with Crippen molar-refractivity contribution in [2.24, 2.45) is 0 Å². The molecule has 0 radical (unpaired) electrons. The lowest BCUT2D eigenvalue weighted by Crippen LogP contribution is -1.94. The van der Waals surface area contributed by atoms with Crippen molar-refractivity contribution in [1.29, 1.82) is 0 Å². The van der Waals surface area contributed by atoms with E-state index in [2.05, 4.69) is 0 Å².